The van der Waals surface area contributed by atoms with Gasteiger partial charge in [0.15, 0.2) is 0 Å². The summed E-state index contributed by atoms with van der Waals surface area (Å²) >= 11 is 0. The van der Waals surface area contributed by atoms with E-state index in [1.807, 2.05) is 0 Å². The standard InChI is InChI=1S/C13H21N3O4S/c1-8-6-7-9(11(17)14-8)15-12(18)10(13(2,3)4)16-21(5,19)20/h6-7,10,16H,1-5H3,(H,14,17)(H,15,18)/t10-/m0/s1. The van der Waals surface area contributed by atoms with Crippen LogP contribution in [0.4, 0.5) is 5.69 Å². The molecular formula is C13H21N3O4S. The summed E-state index contributed by atoms with van der Waals surface area (Å²) < 4.78 is 25.1. The van der Waals surface area contributed by atoms with Crippen molar-refractivity contribution in [3.63, 3.8) is 0 Å². The minimum absolute atomic E-state index is 0.0788. The Hall–Kier alpha value is -1.67. The van der Waals surface area contributed by atoms with Gasteiger partial charge >= 0.3 is 0 Å². The number of anilines is 1. The van der Waals surface area contributed by atoms with Crippen LogP contribution in [0.5, 0.6) is 0 Å². The molecule has 0 spiro atoms. The summed E-state index contributed by atoms with van der Waals surface area (Å²) in [6.45, 7) is 6.91. The fourth-order valence-corrected chi connectivity index (χ4v) is 2.60. The summed E-state index contributed by atoms with van der Waals surface area (Å²) in [5.41, 5.74) is -0.338. The van der Waals surface area contributed by atoms with Gasteiger partial charge < -0.3 is 10.3 Å². The third kappa shape index (κ3) is 5.31. The molecule has 1 heterocycles. The number of carbonyl (C=O) groups is 1. The van der Waals surface area contributed by atoms with Gasteiger partial charge in [0.1, 0.15) is 11.7 Å². The number of pyridine rings is 1. The molecule has 0 aliphatic carbocycles. The number of hydrogen-bond donors (Lipinski definition) is 3. The predicted molar refractivity (Wildman–Crippen MR) is 81.7 cm³/mol. The van der Waals surface area contributed by atoms with E-state index in [1.165, 1.54) is 6.07 Å². The van der Waals surface area contributed by atoms with Crippen molar-refractivity contribution in [3.05, 3.63) is 28.2 Å². The molecule has 0 saturated heterocycles. The summed E-state index contributed by atoms with van der Waals surface area (Å²) in [5.74, 6) is -0.581. The van der Waals surface area contributed by atoms with Gasteiger partial charge in [0.2, 0.25) is 15.9 Å². The van der Waals surface area contributed by atoms with Crippen molar-refractivity contribution in [2.45, 2.75) is 33.7 Å². The molecule has 0 aliphatic rings. The summed E-state index contributed by atoms with van der Waals surface area (Å²) in [7, 11) is -3.56. The van der Waals surface area contributed by atoms with Crippen LogP contribution in [-0.2, 0) is 14.8 Å². The minimum atomic E-state index is -3.56. The Morgan fingerprint density at radius 1 is 1.29 bits per heavy atom. The maximum absolute atomic E-state index is 12.3. The lowest BCUT2D eigenvalue weighted by Gasteiger charge is -2.29. The van der Waals surface area contributed by atoms with Gasteiger partial charge in [-0.25, -0.2) is 13.1 Å². The minimum Gasteiger partial charge on any atom is -0.325 e. The van der Waals surface area contributed by atoms with Crippen LogP contribution in [0.15, 0.2) is 16.9 Å². The highest BCUT2D eigenvalue weighted by atomic mass is 32.2. The molecule has 118 valence electrons. The normalized spacial score (nSPS) is 13.8. The Morgan fingerprint density at radius 3 is 2.29 bits per heavy atom. The molecule has 0 aliphatic heterocycles. The third-order valence-corrected chi connectivity index (χ3v) is 3.44. The zero-order chi connectivity index (χ0) is 16.4. The fourth-order valence-electron chi connectivity index (χ4n) is 1.71. The van der Waals surface area contributed by atoms with Crippen LogP contribution >= 0.6 is 0 Å². The van der Waals surface area contributed by atoms with Gasteiger partial charge in [-0.1, -0.05) is 20.8 Å². The van der Waals surface area contributed by atoms with E-state index >= 15 is 0 Å². The second-order valence-corrected chi connectivity index (χ2v) is 7.84. The van der Waals surface area contributed by atoms with Crippen LogP contribution in [0, 0.1) is 12.3 Å². The molecule has 0 saturated carbocycles. The number of aryl methyl sites for hydroxylation is 1. The molecule has 21 heavy (non-hydrogen) atoms. The maximum atomic E-state index is 12.3. The topological polar surface area (TPSA) is 108 Å². The number of hydrogen-bond acceptors (Lipinski definition) is 4. The molecule has 0 aromatic carbocycles. The molecule has 8 heteroatoms. The lowest BCUT2D eigenvalue weighted by atomic mass is 9.87. The van der Waals surface area contributed by atoms with E-state index in [4.69, 9.17) is 0 Å². The van der Waals surface area contributed by atoms with Crippen LogP contribution in [-0.4, -0.2) is 31.6 Å². The van der Waals surface area contributed by atoms with E-state index in [0.717, 1.165) is 6.26 Å². The highest BCUT2D eigenvalue weighted by Crippen LogP contribution is 2.21. The van der Waals surface area contributed by atoms with Crippen molar-refractivity contribution in [3.8, 4) is 0 Å². The zero-order valence-electron chi connectivity index (χ0n) is 12.8. The highest BCUT2D eigenvalue weighted by Gasteiger charge is 2.34. The Bertz CT molecular complexity index is 686. The van der Waals surface area contributed by atoms with Crippen LogP contribution in [0.2, 0.25) is 0 Å². The predicted octanol–water partition coefficient (Wildman–Crippen LogP) is 0.586. The van der Waals surface area contributed by atoms with Gasteiger partial charge in [-0.15, -0.1) is 0 Å². The number of amides is 1. The number of H-pyrrole nitrogens is 1. The van der Waals surface area contributed by atoms with Crippen molar-refractivity contribution in [2.75, 3.05) is 11.6 Å². The Kier molecular flexibility index (Phi) is 4.95. The monoisotopic (exact) mass is 315 g/mol. The number of aromatic amines is 1. The number of aromatic nitrogens is 1. The zero-order valence-corrected chi connectivity index (χ0v) is 13.6. The number of carbonyl (C=O) groups excluding carboxylic acids is 1. The first kappa shape index (κ1) is 17.4. The molecule has 0 fully saturated rings. The Balaban J connectivity index is 3.04. The number of sulfonamides is 1. The van der Waals surface area contributed by atoms with E-state index in [9.17, 15) is 18.0 Å². The van der Waals surface area contributed by atoms with E-state index in [1.54, 1.807) is 33.8 Å². The smallest absolute Gasteiger partial charge is 0.271 e. The molecule has 1 atom stereocenters. The van der Waals surface area contributed by atoms with Crippen molar-refractivity contribution >= 4 is 21.6 Å². The molecule has 0 radical (unpaired) electrons. The molecule has 3 N–H and O–H groups in total. The van der Waals surface area contributed by atoms with Gasteiger partial charge in [0.05, 0.1) is 6.26 Å². The van der Waals surface area contributed by atoms with E-state index in [2.05, 4.69) is 15.0 Å². The van der Waals surface area contributed by atoms with Crippen LogP contribution < -0.4 is 15.6 Å². The molecule has 7 nitrogen and oxygen atoms in total. The summed E-state index contributed by atoms with van der Waals surface area (Å²) in [5, 5.41) is 2.46. The molecule has 1 rings (SSSR count). The highest BCUT2D eigenvalue weighted by molar-refractivity contribution is 7.88. The average molecular weight is 315 g/mol. The molecule has 1 aromatic rings. The molecule has 0 bridgehead atoms. The van der Waals surface area contributed by atoms with E-state index in [0.29, 0.717) is 5.69 Å². The van der Waals surface area contributed by atoms with Gasteiger partial charge in [0.25, 0.3) is 5.56 Å². The van der Waals surface area contributed by atoms with Crippen molar-refractivity contribution in [2.24, 2.45) is 5.41 Å². The Labute approximate surface area is 124 Å². The van der Waals surface area contributed by atoms with Gasteiger partial charge in [-0.05, 0) is 24.5 Å². The van der Waals surface area contributed by atoms with E-state index < -0.39 is 32.9 Å². The number of nitrogens with one attached hydrogen (secondary N) is 3. The van der Waals surface area contributed by atoms with Gasteiger partial charge in [0, 0.05) is 5.69 Å². The van der Waals surface area contributed by atoms with E-state index in [-0.39, 0.29) is 5.69 Å². The lowest BCUT2D eigenvalue weighted by molar-refractivity contribution is -0.119. The second-order valence-electron chi connectivity index (χ2n) is 6.06. The second kappa shape index (κ2) is 5.98. The van der Waals surface area contributed by atoms with Crippen molar-refractivity contribution in [1.82, 2.24) is 9.71 Å². The van der Waals surface area contributed by atoms with Crippen LogP contribution in [0.25, 0.3) is 0 Å². The van der Waals surface area contributed by atoms with Gasteiger partial charge in [-0.3, -0.25) is 9.59 Å². The molecule has 0 unspecified atom stereocenters. The van der Waals surface area contributed by atoms with Crippen molar-refractivity contribution in [1.29, 1.82) is 0 Å². The first-order valence-corrected chi connectivity index (χ1v) is 8.27. The first-order chi connectivity index (χ1) is 9.40. The van der Waals surface area contributed by atoms with Gasteiger partial charge in [-0.2, -0.15) is 0 Å². The van der Waals surface area contributed by atoms with Crippen LogP contribution in [0.1, 0.15) is 26.5 Å². The largest absolute Gasteiger partial charge is 0.325 e. The summed E-state index contributed by atoms with van der Waals surface area (Å²) in [4.78, 5) is 26.6. The molecule has 1 amide bonds. The summed E-state index contributed by atoms with van der Waals surface area (Å²) in [6, 6.07) is 2.13. The van der Waals surface area contributed by atoms with Crippen molar-refractivity contribution < 1.29 is 13.2 Å². The maximum Gasteiger partial charge on any atom is 0.271 e. The lowest BCUT2D eigenvalue weighted by Crippen LogP contribution is -2.51. The summed E-state index contributed by atoms with van der Waals surface area (Å²) in [6.07, 6.45) is 0.984. The molecule has 1 aromatic heterocycles. The quantitative estimate of drug-likeness (QED) is 0.755. The first-order valence-electron chi connectivity index (χ1n) is 6.38. The third-order valence-electron chi connectivity index (χ3n) is 2.77. The number of rotatable bonds is 4. The average Bonchev–Trinajstić information content (AvgIpc) is 2.27. The SMILES string of the molecule is Cc1ccc(NC(=O)[C@H](NS(C)(=O)=O)C(C)(C)C)c(=O)[nH]1. The van der Waals surface area contributed by atoms with Crippen LogP contribution in [0.3, 0.4) is 0 Å². The fraction of sp³-hybridized carbons (Fsp3) is 0.538. The molecular weight excluding hydrogens is 294 g/mol. The Morgan fingerprint density at radius 2 is 1.86 bits per heavy atom.